The van der Waals surface area contributed by atoms with Gasteiger partial charge in [0, 0.05) is 25.6 Å². The number of anilines is 2. The number of hydrogen-bond acceptors (Lipinski definition) is 7. The van der Waals surface area contributed by atoms with Crippen molar-refractivity contribution in [1.82, 2.24) is 20.3 Å². The number of aromatic nitrogens is 1. The van der Waals surface area contributed by atoms with Crippen LogP contribution in [-0.2, 0) is 0 Å². The molecule has 3 atom stereocenters. The van der Waals surface area contributed by atoms with Crippen LogP contribution in [0.1, 0.15) is 67.8 Å². The van der Waals surface area contributed by atoms with Gasteiger partial charge in [0.25, 0.3) is 5.91 Å². The number of fused-ring (bicyclic) bond motifs is 1. The van der Waals surface area contributed by atoms with Crippen LogP contribution < -0.4 is 20.7 Å². The van der Waals surface area contributed by atoms with E-state index in [0.29, 0.717) is 29.4 Å². The van der Waals surface area contributed by atoms with E-state index in [1.165, 1.54) is 11.3 Å². The third kappa shape index (κ3) is 7.10. The molecular weight excluding hydrogens is 528 g/mol. The van der Waals surface area contributed by atoms with Gasteiger partial charge in [-0.2, -0.15) is 0 Å². The second-order valence-corrected chi connectivity index (χ2v) is 11.2. The van der Waals surface area contributed by atoms with Crippen LogP contribution in [0, 0.1) is 19.8 Å². The first-order valence-corrected chi connectivity index (χ1v) is 14.3. The molecule has 12 heteroatoms. The summed E-state index contributed by atoms with van der Waals surface area (Å²) in [5, 5.41) is 22.6. The van der Waals surface area contributed by atoms with Crippen LogP contribution >= 0.6 is 0 Å². The van der Waals surface area contributed by atoms with Crippen molar-refractivity contribution in [2.45, 2.75) is 78.0 Å². The zero-order chi connectivity index (χ0) is 29.7. The number of likely N-dealkylation sites (N-methyl/N-ethyl adjacent to an activating group) is 1. The Kier molecular flexibility index (Phi) is 9.74. The number of para-hydroxylation sites is 1. The number of carbonyl (C=O) groups excluding carboxylic acids is 3. The van der Waals surface area contributed by atoms with Gasteiger partial charge in [0.05, 0.1) is 30.4 Å². The monoisotopic (exact) mass is 570 g/mol. The van der Waals surface area contributed by atoms with Crippen molar-refractivity contribution < 1.29 is 28.8 Å². The minimum atomic E-state index is -0.542. The molecule has 1 fully saturated rings. The van der Waals surface area contributed by atoms with E-state index in [9.17, 15) is 19.5 Å². The third-order valence-electron chi connectivity index (χ3n) is 7.95. The zero-order valence-electron chi connectivity index (χ0n) is 24.5. The van der Waals surface area contributed by atoms with Crippen LogP contribution in [-0.4, -0.2) is 83.0 Å². The van der Waals surface area contributed by atoms with E-state index in [0.717, 1.165) is 25.7 Å². The summed E-state index contributed by atoms with van der Waals surface area (Å²) in [5.41, 5.74) is 1.73. The summed E-state index contributed by atoms with van der Waals surface area (Å²) in [6.45, 7) is 7.48. The number of aliphatic hydroxyl groups excluding tert-OH is 1. The molecule has 12 nitrogen and oxygen atoms in total. The fourth-order valence-electron chi connectivity index (χ4n) is 5.37. The summed E-state index contributed by atoms with van der Waals surface area (Å²) >= 11 is 0. The molecule has 0 saturated heterocycles. The molecule has 0 bridgehead atoms. The van der Waals surface area contributed by atoms with E-state index in [4.69, 9.17) is 9.26 Å². The van der Waals surface area contributed by atoms with Gasteiger partial charge in [-0.05, 0) is 45.7 Å². The van der Waals surface area contributed by atoms with Crippen LogP contribution in [0.2, 0.25) is 0 Å². The summed E-state index contributed by atoms with van der Waals surface area (Å²) < 4.78 is 11.7. The molecule has 1 aliphatic heterocycles. The molecule has 4 N–H and O–H groups in total. The second-order valence-electron chi connectivity index (χ2n) is 11.2. The highest BCUT2D eigenvalue weighted by molar-refractivity contribution is 6.01. The molecule has 0 unspecified atom stereocenters. The van der Waals surface area contributed by atoms with E-state index in [1.807, 2.05) is 6.92 Å². The summed E-state index contributed by atoms with van der Waals surface area (Å²) in [4.78, 5) is 42.9. The maximum absolute atomic E-state index is 13.7. The Morgan fingerprint density at radius 2 is 1.93 bits per heavy atom. The van der Waals surface area contributed by atoms with Crippen LogP contribution in [0.5, 0.6) is 5.75 Å². The Hall–Kier alpha value is -3.80. The third-order valence-corrected chi connectivity index (χ3v) is 7.95. The van der Waals surface area contributed by atoms with Crippen molar-refractivity contribution in [1.29, 1.82) is 0 Å². The van der Waals surface area contributed by atoms with Crippen molar-refractivity contribution in [2.75, 3.05) is 37.4 Å². The second kappa shape index (κ2) is 13.2. The maximum atomic E-state index is 13.7. The summed E-state index contributed by atoms with van der Waals surface area (Å²) in [7, 11) is 1.66. The first-order chi connectivity index (χ1) is 19.6. The van der Waals surface area contributed by atoms with Crippen LogP contribution in [0.4, 0.5) is 21.0 Å². The fraction of sp³-hybridized carbons (Fsp3) is 0.586. The molecule has 5 amide bonds. The van der Waals surface area contributed by atoms with Gasteiger partial charge >= 0.3 is 12.1 Å². The quantitative estimate of drug-likeness (QED) is 0.391. The Balaban J connectivity index is 1.60. The van der Waals surface area contributed by atoms with E-state index < -0.39 is 12.1 Å². The van der Waals surface area contributed by atoms with Crippen molar-refractivity contribution in [3.8, 4) is 5.75 Å². The molecule has 1 aromatic carbocycles. The smallest absolute Gasteiger partial charge is 0.321 e. The molecule has 2 heterocycles. The summed E-state index contributed by atoms with van der Waals surface area (Å²) in [6.07, 6.45) is 4.67. The summed E-state index contributed by atoms with van der Waals surface area (Å²) in [5.74, 6) is 0.220. The largest absolute Gasteiger partial charge is 0.485 e. The number of amides is 5. The van der Waals surface area contributed by atoms with Crippen molar-refractivity contribution in [3.05, 3.63) is 35.2 Å². The van der Waals surface area contributed by atoms with Crippen molar-refractivity contribution in [3.63, 3.8) is 0 Å². The number of urea groups is 2. The number of hydrogen-bond donors (Lipinski definition) is 4. The molecule has 1 saturated carbocycles. The molecule has 2 aromatic rings. The van der Waals surface area contributed by atoms with Gasteiger partial charge in [-0.1, -0.05) is 37.4 Å². The number of aryl methyl sites for hydroxylation is 2. The van der Waals surface area contributed by atoms with E-state index in [2.05, 4.69) is 21.1 Å². The van der Waals surface area contributed by atoms with Gasteiger partial charge in [0.1, 0.15) is 17.5 Å². The Morgan fingerprint density at radius 1 is 1.20 bits per heavy atom. The van der Waals surface area contributed by atoms with Crippen molar-refractivity contribution >= 4 is 29.3 Å². The first-order valence-electron chi connectivity index (χ1n) is 14.3. The zero-order valence-corrected chi connectivity index (χ0v) is 24.5. The van der Waals surface area contributed by atoms with Crippen LogP contribution in [0.25, 0.3) is 0 Å². The van der Waals surface area contributed by atoms with Gasteiger partial charge < -0.3 is 40.1 Å². The highest BCUT2D eigenvalue weighted by Gasteiger charge is 2.35. The molecule has 224 valence electrons. The number of ether oxygens (including phenoxy) is 1. The van der Waals surface area contributed by atoms with Gasteiger partial charge in [-0.25, -0.2) is 9.59 Å². The van der Waals surface area contributed by atoms with Gasteiger partial charge in [-0.3, -0.25) is 4.79 Å². The Labute approximate surface area is 240 Å². The predicted molar refractivity (Wildman–Crippen MR) is 154 cm³/mol. The first kappa shape index (κ1) is 30.2. The van der Waals surface area contributed by atoms with E-state index in [-0.39, 0.29) is 54.4 Å². The van der Waals surface area contributed by atoms with Gasteiger partial charge in [-0.15, -0.1) is 0 Å². The molecule has 0 spiro atoms. The number of rotatable bonds is 7. The topological polar surface area (TPSA) is 149 Å². The molecule has 41 heavy (non-hydrogen) atoms. The van der Waals surface area contributed by atoms with Crippen LogP contribution in [0.3, 0.4) is 0 Å². The van der Waals surface area contributed by atoms with E-state index in [1.54, 1.807) is 50.9 Å². The number of benzene rings is 1. The average Bonchev–Trinajstić information content (AvgIpc) is 3.27. The molecule has 1 aliphatic carbocycles. The standard InChI is InChI=1S/C29H42N6O6/c1-17-14-35(18(2)16-36)27(37)22-12-9-13-23(31-28(38)30-21-10-7-6-8-11-21)26(22)40-24(17)15-34(5)29(39)32-25-19(3)33-41-20(25)4/h9,12-13,17-18,21,24,36H,6-8,10-11,14-16H2,1-5H3,(H,32,39)(H2,30,31,38)/t17-,18-,24+/m0/s1. The minimum Gasteiger partial charge on any atom is -0.485 e. The molecule has 4 rings (SSSR count). The lowest BCUT2D eigenvalue weighted by Gasteiger charge is -2.38. The SMILES string of the molecule is Cc1noc(C)c1NC(=O)N(C)C[C@H]1Oc2c(NC(=O)NC3CCCCC3)cccc2C(=O)N([C@@H](C)CO)C[C@@H]1C. The van der Waals surface area contributed by atoms with Crippen molar-refractivity contribution in [2.24, 2.45) is 5.92 Å². The van der Waals surface area contributed by atoms with Gasteiger partial charge in [0.2, 0.25) is 0 Å². The highest BCUT2D eigenvalue weighted by Crippen LogP contribution is 2.35. The van der Waals surface area contributed by atoms with Gasteiger partial charge in [0.15, 0.2) is 11.5 Å². The number of carbonyl (C=O) groups is 3. The Morgan fingerprint density at radius 3 is 2.59 bits per heavy atom. The highest BCUT2D eigenvalue weighted by atomic mass is 16.5. The fourth-order valence-corrected chi connectivity index (χ4v) is 5.37. The number of aliphatic hydroxyl groups is 1. The normalized spacial score (nSPS) is 20.2. The minimum absolute atomic E-state index is 0.107. The number of nitrogens with zero attached hydrogens (tertiary/aromatic N) is 3. The molecular formula is C29H42N6O6. The maximum Gasteiger partial charge on any atom is 0.321 e. The lowest BCUT2D eigenvalue weighted by Crippen LogP contribution is -2.50. The molecule has 2 aliphatic rings. The Bertz CT molecular complexity index is 1220. The average molecular weight is 571 g/mol. The van der Waals surface area contributed by atoms with Crippen LogP contribution in [0.15, 0.2) is 22.7 Å². The lowest BCUT2D eigenvalue weighted by atomic mass is 9.96. The predicted octanol–water partition coefficient (Wildman–Crippen LogP) is 4.13. The number of nitrogens with one attached hydrogen (secondary N) is 3. The molecule has 1 aromatic heterocycles. The summed E-state index contributed by atoms with van der Waals surface area (Å²) in [6, 6.07) is 3.99. The van der Waals surface area contributed by atoms with E-state index >= 15 is 0 Å². The molecule has 0 radical (unpaired) electrons. The lowest BCUT2D eigenvalue weighted by molar-refractivity contribution is 0.0373.